The summed E-state index contributed by atoms with van der Waals surface area (Å²) in [7, 11) is 0. The summed E-state index contributed by atoms with van der Waals surface area (Å²) in [6.07, 6.45) is 1.18. The maximum Gasteiger partial charge on any atom is 0.255 e. The lowest BCUT2D eigenvalue weighted by Crippen LogP contribution is -2.36. The molecule has 2 aromatic rings. The molecule has 1 heterocycles. The maximum atomic E-state index is 13.7. The van der Waals surface area contributed by atoms with Crippen LogP contribution in [0.5, 0.6) is 0 Å². The number of aliphatic hydroxyl groups is 1. The van der Waals surface area contributed by atoms with Crippen LogP contribution in [-0.4, -0.2) is 30.2 Å². The molecule has 0 unspecified atom stereocenters. The van der Waals surface area contributed by atoms with Crippen molar-refractivity contribution in [1.29, 1.82) is 0 Å². The number of nitrogens with zero attached hydrogens (tertiary/aromatic N) is 1. The van der Waals surface area contributed by atoms with Gasteiger partial charge in [0.2, 0.25) is 0 Å². The molecule has 0 saturated carbocycles. The number of halogens is 1. The second-order valence-electron chi connectivity index (χ2n) is 6.15. The summed E-state index contributed by atoms with van der Waals surface area (Å²) in [6.45, 7) is 3.15. The highest BCUT2D eigenvalue weighted by Crippen LogP contribution is 2.28. The van der Waals surface area contributed by atoms with E-state index in [1.165, 1.54) is 6.07 Å². The Labute approximate surface area is 140 Å². The summed E-state index contributed by atoms with van der Waals surface area (Å²) < 4.78 is 13.7. The molecule has 126 valence electrons. The van der Waals surface area contributed by atoms with Crippen LogP contribution in [0.4, 0.5) is 15.8 Å². The number of aliphatic hydroxyl groups excluding tert-OH is 1. The smallest absolute Gasteiger partial charge is 0.255 e. The molecular weight excluding hydrogens is 307 g/mol. The quantitative estimate of drug-likeness (QED) is 0.908. The number of aryl methyl sites for hydroxylation is 1. The fraction of sp³-hybridized carbons (Fsp3) is 0.316. The van der Waals surface area contributed by atoms with Crippen LogP contribution in [-0.2, 0) is 0 Å². The number of carbonyl (C=O) groups excluding carboxylic acids is 1. The Morgan fingerprint density at radius 2 is 1.92 bits per heavy atom. The molecule has 1 aliphatic heterocycles. The Hall–Kier alpha value is -2.40. The molecule has 0 radical (unpaired) electrons. The molecule has 1 amide bonds. The second kappa shape index (κ2) is 7.01. The number of benzene rings is 2. The van der Waals surface area contributed by atoms with E-state index in [1.54, 1.807) is 19.1 Å². The number of para-hydroxylation sites is 2. The average Bonchev–Trinajstić information content (AvgIpc) is 2.58. The van der Waals surface area contributed by atoms with Gasteiger partial charge in [0.25, 0.3) is 5.91 Å². The molecule has 3 rings (SSSR count). The van der Waals surface area contributed by atoms with E-state index in [4.69, 9.17) is 0 Å². The molecular formula is C19H21FN2O2. The van der Waals surface area contributed by atoms with Crippen LogP contribution in [0.3, 0.4) is 0 Å². The highest BCUT2D eigenvalue weighted by Gasteiger charge is 2.20. The summed E-state index contributed by atoms with van der Waals surface area (Å²) in [4.78, 5) is 14.6. The first-order chi connectivity index (χ1) is 11.5. The first-order valence-corrected chi connectivity index (χ1v) is 8.14. The third-order valence-electron chi connectivity index (χ3n) is 4.39. The molecule has 0 bridgehead atoms. The van der Waals surface area contributed by atoms with Gasteiger partial charge in [0.15, 0.2) is 0 Å². The fourth-order valence-corrected chi connectivity index (χ4v) is 2.89. The molecule has 0 atom stereocenters. The van der Waals surface area contributed by atoms with Gasteiger partial charge in [-0.3, -0.25) is 4.79 Å². The molecule has 4 nitrogen and oxygen atoms in total. The summed E-state index contributed by atoms with van der Waals surface area (Å²) >= 11 is 0. The molecule has 1 aliphatic rings. The lowest BCUT2D eigenvalue weighted by Gasteiger charge is -2.32. The van der Waals surface area contributed by atoms with Gasteiger partial charge in [-0.25, -0.2) is 4.39 Å². The van der Waals surface area contributed by atoms with Gasteiger partial charge in [-0.1, -0.05) is 18.2 Å². The minimum absolute atomic E-state index is 0.251. The maximum absolute atomic E-state index is 13.7. The summed E-state index contributed by atoms with van der Waals surface area (Å²) in [6, 6.07) is 12.0. The monoisotopic (exact) mass is 328 g/mol. The predicted molar refractivity (Wildman–Crippen MR) is 93.0 cm³/mol. The number of amides is 1. The third-order valence-corrected chi connectivity index (χ3v) is 4.39. The van der Waals surface area contributed by atoms with E-state index >= 15 is 0 Å². The average molecular weight is 328 g/mol. The van der Waals surface area contributed by atoms with E-state index in [1.807, 2.05) is 24.3 Å². The Morgan fingerprint density at radius 3 is 2.62 bits per heavy atom. The van der Waals surface area contributed by atoms with Crippen LogP contribution in [0, 0.1) is 12.7 Å². The number of anilines is 2. The summed E-state index contributed by atoms with van der Waals surface area (Å²) in [5.74, 6) is -0.723. The number of rotatable bonds is 3. The van der Waals surface area contributed by atoms with E-state index < -0.39 is 0 Å². The number of nitrogens with one attached hydrogen (secondary N) is 1. The van der Waals surface area contributed by atoms with Crippen LogP contribution < -0.4 is 10.2 Å². The van der Waals surface area contributed by atoms with Crippen LogP contribution in [0.2, 0.25) is 0 Å². The Bertz CT molecular complexity index is 740. The second-order valence-corrected chi connectivity index (χ2v) is 6.15. The zero-order valence-electron chi connectivity index (χ0n) is 13.6. The lowest BCUT2D eigenvalue weighted by atomic mass is 10.1. The minimum Gasteiger partial charge on any atom is -0.393 e. The van der Waals surface area contributed by atoms with Crippen molar-refractivity contribution in [2.75, 3.05) is 23.3 Å². The van der Waals surface area contributed by atoms with Crippen LogP contribution in [0.15, 0.2) is 42.5 Å². The van der Waals surface area contributed by atoms with Crippen molar-refractivity contribution in [2.45, 2.75) is 25.9 Å². The number of hydrogen-bond acceptors (Lipinski definition) is 3. The van der Waals surface area contributed by atoms with Crippen molar-refractivity contribution in [3.05, 3.63) is 59.4 Å². The van der Waals surface area contributed by atoms with Crippen LogP contribution in [0.1, 0.15) is 28.8 Å². The zero-order valence-corrected chi connectivity index (χ0v) is 13.6. The van der Waals surface area contributed by atoms with Crippen molar-refractivity contribution in [3.63, 3.8) is 0 Å². The highest BCUT2D eigenvalue weighted by atomic mass is 19.1. The summed E-state index contributed by atoms with van der Waals surface area (Å²) in [5.41, 5.74) is 2.42. The molecule has 1 fully saturated rings. The van der Waals surface area contributed by atoms with Gasteiger partial charge >= 0.3 is 0 Å². The van der Waals surface area contributed by atoms with E-state index in [9.17, 15) is 14.3 Å². The highest BCUT2D eigenvalue weighted by molar-refractivity contribution is 6.06. The van der Waals surface area contributed by atoms with Crippen LogP contribution >= 0.6 is 0 Å². The fourth-order valence-electron chi connectivity index (χ4n) is 2.89. The van der Waals surface area contributed by atoms with Gasteiger partial charge in [0.1, 0.15) is 5.82 Å². The van der Waals surface area contributed by atoms with Gasteiger partial charge in [-0.15, -0.1) is 0 Å². The van der Waals surface area contributed by atoms with E-state index in [-0.39, 0.29) is 17.8 Å². The summed E-state index contributed by atoms with van der Waals surface area (Å²) in [5, 5.41) is 12.5. The van der Waals surface area contributed by atoms with Gasteiger partial charge in [-0.2, -0.15) is 0 Å². The Kier molecular flexibility index (Phi) is 4.81. The molecule has 5 heteroatoms. The molecule has 0 aromatic heterocycles. The number of hydrogen-bond donors (Lipinski definition) is 2. The van der Waals surface area contributed by atoms with Crippen molar-refractivity contribution in [3.8, 4) is 0 Å². The van der Waals surface area contributed by atoms with Crippen molar-refractivity contribution >= 4 is 17.3 Å². The normalized spacial score (nSPS) is 15.4. The molecule has 24 heavy (non-hydrogen) atoms. The molecule has 0 spiro atoms. The number of piperidine rings is 1. The standard InChI is InChI=1S/C19H21FN2O2/c1-13-6-7-14(12-16(13)20)19(24)21-17-4-2-3-5-18(17)22-10-8-15(23)9-11-22/h2-7,12,15,23H,8-11H2,1H3,(H,21,24). The van der Waals surface area contributed by atoms with Crippen molar-refractivity contribution in [1.82, 2.24) is 0 Å². The number of carbonyl (C=O) groups is 1. The molecule has 0 aliphatic carbocycles. The largest absolute Gasteiger partial charge is 0.393 e. The molecule has 1 saturated heterocycles. The van der Waals surface area contributed by atoms with E-state index in [0.717, 1.165) is 18.8 Å². The first-order valence-electron chi connectivity index (χ1n) is 8.14. The Balaban J connectivity index is 1.80. The molecule has 2 aromatic carbocycles. The van der Waals surface area contributed by atoms with Crippen molar-refractivity contribution in [2.24, 2.45) is 0 Å². The van der Waals surface area contributed by atoms with E-state index in [0.29, 0.717) is 29.7 Å². The lowest BCUT2D eigenvalue weighted by molar-refractivity contribution is 0.102. The SMILES string of the molecule is Cc1ccc(C(=O)Nc2ccccc2N2CCC(O)CC2)cc1F. The van der Waals surface area contributed by atoms with Gasteiger partial charge in [0.05, 0.1) is 17.5 Å². The predicted octanol–water partition coefficient (Wildman–Crippen LogP) is 3.35. The van der Waals surface area contributed by atoms with E-state index in [2.05, 4.69) is 10.2 Å². The van der Waals surface area contributed by atoms with Crippen molar-refractivity contribution < 1.29 is 14.3 Å². The first kappa shape index (κ1) is 16.5. The Morgan fingerprint density at radius 1 is 1.21 bits per heavy atom. The van der Waals surface area contributed by atoms with Crippen LogP contribution in [0.25, 0.3) is 0 Å². The zero-order chi connectivity index (χ0) is 17.1. The van der Waals surface area contributed by atoms with Gasteiger partial charge < -0.3 is 15.3 Å². The third kappa shape index (κ3) is 3.57. The topological polar surface area (TPSA) is 52.6 Å². The minimum atomic E-state index is -0.388. The molecule has 2 N–H and O–H groups in total. The van der Waals surface area contributed by atoms with Gasteiger partial charge in [-0.05, 0) is 49.6 Å². The van der Waals surface area contributed by atoms with Gasteiger partial charge in [0, 0.05) is 18.7 Å².